The van der Waals surface area contributed by atoms with Crippen LogP contribution < -0.4 is 9.62 Å². The van der Waals surface area contributed by atoms with E-state index in [1.165, 1.54) is 29.2 Å². The number of hydrogen-bond donors (Lipinski definition) is 1. The zero-order valence-corrected chi connectivity index (χ0v) is 25.0. The maximum Gasteiger partial charge on any atom is 0.244 e. The van der Waals surface area contributed by atoms with Crippen LogP contribution in [0.2, 0.25) is 10.0 Å². The predicted octanol–water partition coefficient (Wildman–Crippen LogP) is 5.45. The molecule has 0 bridgehead atoms. The molecule has 0 radical (unpaired) electrons. The maximum atomic E-state index is 14.0. The number of halogens is 3. The van der Waals surface area contributed by atoms with Gasteiger partial charge in [-0.3, -0.25) is 13.9 Å². The minimum absolute atomic E-state index is 0.0147. The second-order valence-corrected chi connectivity index (χ2v) is 13.2. The SMILES string of the molecule is CC(C)(C)NC(=O)C(Cc1ccccc1)N(Cc1ccc(Cl)cc1Cl)C(=O)CN(c1cccc(F)c1)S(C)(=O)=O. The molecule has 1 atom stereocenters. The molecule has 3 rings (SSSR count). The lowest BCUT2D eigenvalue weighted by Crippen LogP contribution is -2.56. The standard InChI is InChI=1S/C29H32Cl2FN3O4S/c1-29(2,3)33-28(37)26(15-20-9-6-5-7-10-20)34(18-21-13-14-22(30)16-25(21)31)27(36)19-35(40(4,38)39)24-12-8-11-23(32)17-24/h5-14,16-17,26H,15,18-19H2,1-4H3,(H,33,37). The molecule has 214 valence electrons. The Hall–Kier alpha value is -3.14. The van der Waals surface area contributed by atoms with Crippen LogP contribution in [0.25, 0.3) is 0 Å². The van der Waals surface area contributed by atoms with Gasteiger partial charge in [-0.25, -0.2) is 12.8 Å². The first-order chi connectivity index (χ1) is 18.6. The van der Waals surface area contributed by atoms with Gasteiger partial charge in [-0.2, -0.15) is 0 Å². The quantitative estimate of drug-likeness (QED) is 0.332. The average molecular weight is 609 g/mol. The lowest BCUT2D eigenvalue weighted by molar-refractivity contribution is -0.140. The van der Waals surface area contributed by atoms with Crippen LogP contribution in [0.5, 0.6) is 0 Å². The molecule has 0 heterocycles. The van der Waals surface area contributed by atoms with Gasteiger partial charge in [0.1, 0.15) is 18.4 Å². The summed E-state index contributed by atoms with van der Waals surface area (Å²) < 4.78 is 40.3. The van der Waals surface area contributed by atoms with E-state index in [1.807, 2.05) is 51.1 Å². The van der Waals surface area contributed by atoms with E-state index in [1.54, 1.807) is 12.1 Å². The number of benzene rings is 3. The fraction of sp³-hybridized carbons (Fsp3) is 0.310. The first-order valence-electron chi connectivity index (χ1n) is 12.5. The van der Waals surface area contributed by atoms with Gasteiger partial charge >= 0.3 is 0 Å². The molecular formula is C29H32Cl2FN3O4S. The van der Waals surface area contributed by atoms with E-state index in [2.05, 4.69) is 5.32 Å². The third kappa shape index (κ3) is 8.94. The summed E-state index contributed by atoms with van der Waals surface area (Å²) in [5.41, 5.74) is 0.678. The van der Waals surface area contributed by atoms with Crippen LogP contribution >= 0.6 is 23.2 Å². The molecule has 0 spiro atoms. The predicted molar refractivity (Wildman–Crippen MR) is 157 cm³/mol. The largest absolute Gasteiger partial charge is 0.350 e. The van der Waals surface area contributed by atoms with E-state index in [0.717, 1.165) is 22.2 Å². The van der Waals surface area contributed by atoms with Crippen LogP contribution in [0, 0.1) is 5.82 Å². The number of nitrogens with one attached hydrogen (secondary N) is 1. The zero-order valence-electron chi connectivity index (χ0n) is 22.7. The van der Waals surface area contributed by atoms with Gasteiger partial charge in [-0.15, -0.1) is 0 Å². The molecular weight excluding hydrogens is 576 g/mol. The molecule has 0 aromatic heterocycles. The van der Waals surface area contributed by atoms with E-state index in [0.29, 0.717) is 10.6 Å². The molecule has 2 amide bonds. The number of anilines is 1. The van der Waals surface area contributed by atoms with Gasteiger partial charge in [0.2, 0.25) is 21.8 Å². The van der Waals surface area contributed by atoms with Gasteiger partial charge in [-0.05, 0) is 62.2 Å². The molecule has 11 heteroatoms. The van der Waals surface area contributed by atoms with Crippen molar-refractivity contribution in [2.45, 2.75) is 45.3 Å². The topological polar surface area (TPSA) is 86.8 Å². The molecule has 3 aromatic carbocycles. The Morgan fingerprint density at radius 2 is 1.65 bits per heavy atom. The number of amides is 2. The highest BCUT2D eigenvalue weighted by molar-refractivity contribution is 7.92. The van der Waals surface area contributed by atoms with Crippen LogP contribution in [0.3, 0.4) is 0 Å². The fourth-order valence-corrected chi connectivity index (χ4v) is 5.39. The van der Waals surface area contributed by atoms with Crippen molar-refractivity contribution in [3.8, 4) is 0 Å². The zero-order chi connectivity index (χ0) is 29.7. The minimum atomic E-state index is -4.01. The van der Waals surface area contributed by atoms with Crippen LogP contribution in [-0.2, 0) is 32.6 Å². The van der Waals surface area contributed by atoms with Crippen LogP contribution in [0.15, 0.2) is 72.8 Å². The van der Waals surface area contributed by atoms with E-state index in [9.17, 15) is 22.4 Å². The first-order valence-corrected chi connectivity index (χ1v) is 15.1. The van der Waals surface area contributed by atoms with Crippen molar-refractivity contribution in [3.05, 3.63) is 99.8 Å². The molecule has 0 saturated heterocycles. The van der Waals surface area contributed by atoms with Crippen molar-refractivity contribution in [2.24, 2.45) is 0 Å². The van der Waals surface area contributed by atoms with Gasteiger partial charge in [0.25, 0.3) is 0 Å². The third-order valence-corrected chi connectivity index (χ3v) is 7.63. The van der Waals surface area contributed by atoms with Crippen molar-refractivity contribution < 1.29 is 22.4 Å². The summed E-state index contributed by atoms with van der Waals surface area (Å²) >= 11 is 12.5. The van der Waals surface area contributed by atoms with Crippen LogP contribution in [0.4, 0.5) is 10.1 Å². The molecule has 40 heavy (non-hydrogen) atoms. The molecule has 0 aliphatic carbocycles. The minimum Gasteiger partial charge on any atom is -0.350 e. The highest BCUT2D eigenvalue weighted by Crippen LogP contribution is 2.25. The Labute approximate surface area is 244 Å². The second-order valence-electron chi connectivity index (χ2n) is 10.5. The lowest BCUT2D eigenvalue weighted by Gasteiger charge is -2.35. The highest BCUT2D eigenvalue weighted by Gasteiger charge is 2.34. The summed E-state index contributed by atoms with van der Waals surface area (Å²) in [6.45, 7) is 4.69. The molecule has 0 aliphatic heterocycles. The van der Waals surface area contributed by atoms with Crippen LogP contribution in [-0.4, -0.2) is 49.5 Å². The van der Waals surface area contributed by atoms with Crippen molar-refractivity contribution >= 4 is 50.7 Å². The number of carbonyl (C=O) groups excluding carboxylic acids is 2. The summed E-state index contributed by atoms with van der Waals surface area (Å²) in [4.78, 5) is 29.0. The Morgan fingerprint density at radius 1 is 0.975 bits per heavy atom. The van der Waals surface area contributed by atoms with Crippen molar-refractivity contribution in [3.63, 3.8) is 0 Å². The number of nitrogens with zero attached hydrogens (tertiary/aromatic N) is 2. The Balaban J connectivity index is 2.10. The van der Waals surface area contributed by atoms with Gasteiger partial charge in [0.15, 0.2) is 0 Å². The van der Waals surface area contributed by atoms with E-state index >= 15 is 0 Å². The molecule has 0 saturated carbocycles. The molecule has 1 N–H and O–H groups in total. The number of sulfonamides is 1. The monoisotopic (exact) mass is 607 g/mol. The molecule has 0 fully saturated rings. The molecule has 3 aromatic rings. The second kappa shape index (κ2) is 13.0. The maximum absolute atomic E-state index is 14.0. The van der Waals surface area contributed by atoms with Crippen molar-refractivity contribution in [2.75, 3.05) is 17.1 Å². The third-order valence-electron chi connectivity index (χ3n) is 5.90. The Bertz CT molecular complexity index is 1460. The number of rotatable bonds is 10. The van der Waals surface area contributed by atoms with Gasteiger partial charge in [0, 0.05) is 28.5 Å². The van der Waals surface area contributed by atoms with Crippen molar-refractivity contribution in [1.82, 2.24) is 10.2 Å². The Kier molecular flexibility index (Phi) is 10.2. The van der Waals surface area contributed by atoms with Gasteiger partial charge < -0.3 is 10.2 Å². The molecule has 0 aliphatic rings. The van der Waals surface area contributed by atoms with E-state index in [-0.39, 0.29) is 23.7 Å². The smallest absolute Gasteiger partial charge is 0.244 e. The number of carbonyl (C=O) groups is 2. The van der Waals surface area contributed by atoms with Crippen molar-refractivity contribution in [1.29, 1.82) is 0 Å². The highest BCUT2D eigenvalue weighted by atomic mass is 35.5. The van der Waals surface area contributed by atoms with Gasteiger partial charge in [0.05, 0.1) is 11.9 Å². The fourth-order valence-electron chi connectivity index (χ4n) is 4.09. The summed E-state index contributed by atoms with van der Waals surface area (Å²) in [7, 11) is -4.01. The average Bonchev–Trinajstić information content (AvgIpc) is 2.84. The van der Waals surface area contributed by atoms with Crippen LogP contribution in [0.1, 0.15) is 31.9 Å². The molecule has 7 nitrogen and oxygen atoms in total. The number of hydrogen-bond acceptors (Lipinski definition) is 4. The molecule has 1 unspecified atom stereocenters. The lowest BCUT2D eigenvalue weighted by atomic mass is 10.0. The van der Waals surface area contributed by atoms with Gasteiger partial charge in [-0.1, -0.05) is 65.7 Å². The first kappa shape index (κ1) is 31.4. The van der Waals surface area contributed by atoms with E-state index < -0.39 is 45.8 Å². The summed E-state index contributed by atoms with van der Waals surface area (Å²) in [5, 5.41) is 3.62. The summed E-state index contributed by atoms with van der Waals surface area (Å²) in [6.07, 6.45) is 1.08. The van der Waals surface area contributed by atoms with E-state index in [4.69, 9.17) is 23.2 Å². The summed E-state index contributed by atoms with van der Waals surface area (Å²) in [6, 6.07) is 17.9. The Morgan fingerprint density at radius 3 is 2.23 bits per heavy atom. The summed E-state index contributed by atoms with van der Waals surface area (Å²) in [5.74, 6) is -1.76. The normalized spacial score (nSPS) is 12.5.